The van der Waals surface area contributed by atoms with Gasteiger partial charge in [-0.05, 0) is 50.1 Å². The molecule has 2 aromatic carbocycles. The van der Waals surface area contributed by atoms with E-state index in [1.54, 1.807) is 47.1 Å². The van der Waals surface area contributed by atoms with E-state index in [9.17, 15) is 13.2 Å². The number of carbonyl (C=O) groups is 1. The molecule has 1 unspecified atom stereocenters. The molecule has 31 heavy (non-hydrogen) atoms. The quantitative estimate of drug-likeness (QED) is 0.604. The van der Waals surface area contributed by atoms with Crippen molar-refractivity contribution in [2.75, 3.05) is 5.75 Å². The smallest absolute Gasteiger partial charge is 0.225 e. The van der Waals surface area contributed by atoms with Crippen LogP contribution < -0.4 is 5.32 Å². The van der Waals surface area contributed by atoms with Crippen LogP contribution in [-0.4, -0.2) is 29.9 Å². The average Bonchev–Trinajstić information content (AvgIpc) is 2.98. The lowest BCUT2D eigenvalue weighted by Gasteiger charge is -2.26. The predicted octanol–water partition coefficient (Wildman–Crippen LogP) is 4.37. The number of halogens is 2. The van der Waals surface area contributed by atoms with Crippen LogP contribution >= 0.6 is 23.2 Å². The minimum atomic E-state index is -3.30. The number of nitrogens with one attached hydrogen (secondary N) is 1. The highest BCUT2D eigenvalue weighted by atomic mass is 35.5. The number of aromatic nitrogens is 2. The lowest BCUT2D eigenvalue weighted by Crippen LogP contribution is -2.34. The van der Waals surface area contributed by atoms with Gasteiger partial charge in [0.2, 0.25) is 5.91 Å². The van der Waals surface area contributed by atoms with Crippen LogP contribution in [0.2, 0.25) is 10.0 Å². The number of hydrogen-bond acceptors (Lipinski definition) is 4. The fraction of sp³-hybridized carbons (Fsp3) is 0.273. The van der Waals surface area contributed by atoms with Gasteiger partial charge in [-0.3, -0.25) is 4.79 Å². The second-order valence-electron chi connectivity index (χ2n) is 7.60. The molecule has 0 spiro atoms. The lowest BCUT2D eigenvalue weighted by atomic mass is 10.0. The van der Waals surface area contributed by atoms with Crippen molar-refractivity contribution in [2.45, 2.75) is 37.6 Å². The van der Waals surface area contributed by atoms with Crippen LogP contribution in [0.3, 0.4) is 0 Å². The Morgan fingerprint density at radius 1 is 1.19 bits per heavy atom. The Labute approximate surface area is 191 Å². The molecular weight excluding hydrogens is 457 g/mol. The maximum absolute atomic E-state index is 12.9. The van der Waals surface area contributed by atoms with Crippen molar-refractivity contribution >= 4 is 38.9 Å². The van der Waals surface area contributed by atoms with Gasteiger partial charge in [0.15, 0.2) is 9.84 Å². The SMILES string of the molecule is Cc1nn(-c2ccc(Cl)cc2Cl)c(C)c1CC(=O)NC1CCS(=O)(=O)c2ccccc21. The largest absolute Gasteiger partial charge is 0.349 e. The van der Waals surface area contributed by atoms with Crippen molar-refractivity contribution in [3.05, 3.63) is 75.0 Å². The van der Waals surface area contributed by atoms with E-state index in [1.807, 2.05) is 13.8 Å². The van der Waals surface area contributed by atoms with Gasteiger partial charge in [-0.25, -0.2) is 13.1 Å². The summed E-state index contributed by atoms with van der Waals surface area (Å²) in [7, 11) is -3.30. The summed E-state index contributed by atoms with van der Waals surface area (Å²) in [4.78, 5) is 13.2. The van der Waals surface area contributed by atoms with E-state index < -0.39 is 9.84 Å². The van der Waals surface area contributed by atoms with Gasteiger partial charge in [-0.1, -0.05) is 41.4 Å². The molecule has 0 radical (unpaired) electrons. The zero-order valence-corrected chi connectivity index (χ0v) is 19.4. The van der Waals surface area contributed by atoms with Gasteiger partial charge in [0.05, 0.1) is 39.5 Å². The molecule has 4 rings (SSSR count). The number of aryl methyl sites for hydroxylation is 1. The molecule has 0 fully saturated rings. The maximum atomic E-state index is 12.9. The van der Waals surface area contributed by atoms with E-state index in [2.05, 4.69) is 10.4 Å². The summed E-state index contributed by atoms with van der Waals surface area (Å²) in [6.45, 7) is 3.73. The fourth-order valence-corrected chi connectivity index (χ4v) is 6.07. The third kappa shape index (κ3) is 4.22. The number of carbonyl (C=O) groups excluding carboxylic acids is 1. The fourth-order valence-electron chi connectivity index (χ4n) is 3.96. The number of fused-ring (bicyclic) bond motifs is 1. The number of sulfone groups is 1. The number of rotatable bonds is 4. The molecule has 1 aliphatic rings. The first-order chi connectivity index (χ1) is 14.7. The molecule has 1 N–H and O–H groups in total. The molecule has 1 aliphatic heterocycles. The molecule has 1 atom stereocenters. The second-order valence-corrected chi connectivity index (χ2v) is 10.5. The van der Waals surface area contributed by atoms with Crippen LogP contribution in [0.1, 0.15) is 35.0 Å². The summed E-state index contributed by atoms with van der Waals surface area (Å²) in [5, 5.41) is 8.55. The highest BCUT2D eigenvalue weighted by Gasteiger charge is 2.31. The van der Waals surface area contributed by atoms with Crippen LogP contribution in [0.5, 0.6) is 0 Å². The van der Waals surface area contributed by atoms with E-state index in [0.717, 1.165) is 17.0 Å². The van der Waals surface area contributed by atoms with Crippen LogP contribution in [0.15, 0.2) is 47.4 Å². The summed E-state index contributed by atoms with van der Waals surface area (Å²) in [5.41, 5.74) is 3.66. The minimum Gasteiger partial charge on any atom is -0.349 e. The van der Waals surface area contributed by atoms with Crippen LogP contribution in [0.4, 0.5) is 0 Å². The number of nitrogens with zero attached hydrogens (tertiary/aromatic N) is 2. The van der Waals surface area contributed by atoms with E-state index in [0.29, 0.717) is 32.6 Å². The van der Waals surface area contributed by atoms with Gasteiger partial charge < -0.3 is 5.32 Å². The summed E-state index contributed by atoms with van der Waals surface area (Å²) in [5.74, 6) is -0.174. The first-order valence-electron chi connectivity index (χ1n) is 9.79. The first kappa shape index (κ1) is 21.9. The maximum Gasteiger partial charge on any atom is 0.225 e. The van der Waals surface area contributed by atoms with Crippen LogP contribution in [0.25, 0.3) is 5.69 Å². The number of benzene rings is 2. The van der Waals surface area contributed by atoms with Crippen molar-refractivity contribution in [3.63, 3.8) is 0 Å². The molecule has 1 amide bonds. The Kier molecular flexibility index (Phi) is 5.85. The van der Waals surface area contributed by atoms with Crippen molar-refractivity contribution in [2.24, 2.45) is 0 Å². The molecular formula is C22H21Cl2N3O3S. The Bertz CT molecular complexity index is 1290. The summed E-state index contributed by atoms with van der Waals surface area (Å²) < 4.78 is 26.4. The molecule has 1 aromatic heterocycles. The second kappa shape index (κ2) is 8.30. The Morgan fingerprint density at radius 3 is 2.68 bits per heavy atom. The molecule has 162 valence electrons. The Balaban J connectivity index is 1.57. The molecule has 0 bridgehead atoms. The van der Waals surface area contributed by atoms with E-state index in [1.165, 1.54) is 0 Å². The topological polar surface area (TPSA) is 81.1 Å². The van der Waals surface area contributed by atoms with Crippen molar-refractivity contribution in [1.82, 2.24) is 15.1 Å². The average molecular weight is 478 g/mol. The van der Waals surface area contributed by atoms with E-state index in [4.69, 9.17) is 23.2 Å². The summed E-state index contributed by atoms with van der Waals surface area (Å²) in [6, 6.07) is 11.7. The summed E-state index contributed by atoms with van der Waals surface area (Å²) in [6.07, 6.45) is 0.483. The Hall–Kier alpha value is -2.35. The predicted molar refractivity (Wildman–Crippen MR) is 121 cm³/mol. The van der Waals surface area contributed by atoms with Crippen LogP contribution in [-0.2, 0) is 21.1 Å². The van der Waals surface area contributed by atoms with Crippen molar-refractivity contribution in [3.8, 4) is 5.69 Å². The highest BCUT2D eigenvalue weighted by Crippen LogP contribution is 2.32. The van der Waals surface area contributed by atoms with Crippen molar-refractivity contribution < 1.29 is 13.2 Å². The lowest BCUT2D eigenvalue weighted by molar-refractivity contribution is -0.121. The van der Waals surface area contributed by atoms with E-state index >= 15 is 0 Å². The first-order valence-corrected chi connectivity index (χ1v) is 12.2. The number of hydrogen-bond donors (Lipinski definition) is 1. The minimum absolute atomic E-state index is 0.0139. The van der Waals surface area contributed by atoms with Gasteiger partial charge in [0.25, 0.3) is 0 Å². The van der Waals surface area contributed by atoms with Gasteiger partial charge in [0.1, 0.15) is 0 Å². The molecule has 6 nitrogen and oxygen atoms in total. The Morgan fingerprint density at radius 2 is 1.94 bits per heavy atom. The zero-order valence-electron chi connectivity index (χ0n) is 17.0. The van der Waals surface area contributed by atoms with Gasteiger partial charge in [-0.15, -0.1) is 0 Å². The van der Waals surface area contributed by atoms with E-state index in [-0.39, 0.29) is 24.1 Å². The molecule has 3 aromatic rings. The third-order valence-electron chi connectivity index (χ3n) is 5.56. The van der Waals surface area contributed by atoms with Crippen molar-refractivity contribution in [1.29, 1.82) is 0 Å². The third-order valence-corrected chi connectivity index (χ3v) is 7.91. The highest BCUT2D eigenvalue weighted by molar-refractivity contribution is 7.91. The van der Waals surface area contributed by atoms with Crippen LogP contribution in [0, 0.1) is 13.8 Å². The zero-order chi connectivity index (χ0) is 22.3. The monoisotopic (exact) mass is 477 g/mol. The molecule has 0 saturated carbocycles. The molecule has 2 heterocycles. The van der Waals surface area contributed by atoms with Gasteiger partial charge >= 0.3 is 0 Å². The normalized spacial score (nSPS) is 17.2. The molecule has 9 heteroatoms. The van der Waals surface area contributed by atoms with Gasteiger partial charge in [-0.2, -0.15) is 5.10 Å². The number of amides is 1. The molecule has 0 saturated heterocycles. The van der Waals surface area contributed by atoms with Gasteiger partial charge in [0, 0.05) is 16.3 Å². The molecule has 0 aliphatic carbocycles. The summed E-state index contributed by atoms with van der Waals surface area (Å²) >= 11 is 12.3. The standard InChI is InChI=1S/C22H21Cl2N3O3S/c1-13-17(14(2)27(26-13)20-8-7-15(23)11-18(20)24)12-22(28)25-19-9-10-31(29,30)21-6-4-3-5-16(19)21/h3-8,11,19H,9-10,12H2,1-2H3,(H,25,28).